The van der Waals surface area contributed by atoms with Gasteiger partial charge in [0.2, 0.25) is 0 Å². The predicted molar refractivity (Wildman–Crippen MR) is 70.5 cm³/mol. The minimum atomic E-state index is -3.83. The van der Waals surface area contributed by atoms with Crippen LogP contribution in [0.2, 0.25) is 0 Å². The molecule has 0 spiro atoms. The van der Waals surface area contributed by atoms with Crippen LogP contribution in [-0.4, -0.2) is 35.8 Å². The summed E-state index contributed by atoms with van der Waals surface area (Å²) in [5.74, 6) is 0.0152. The van der Waals surface area contributed by atoms with E-state index in [0.29, 0.717) is 13.2 Å². The Kier molecular flexibility index (Phi) is 4.20. The Morgan fingerprint density at radius 2 is 1.68 bits per heavy atom. The van der Waals surface area contributed by atoms with Gasteiger partial charge in [-0.1, -0.05) is 0 Å². The Morgan fingerprint density at radius 1 is 1.11 bits per heavy atom. The lowest BCUT2D eigenvalue weighted by atomic mass is 10.2. The third-order valence-corrected chi connectivity index (χ3v) is 6.21. The number of ether oxygens (including phenoxy) is 1. The molecular formula is C11H13ClO5S2. The fourth-order valence-electron chi connectivity index (χ4n) is 1.93. The minimum Gasteiger partial charge on any atom is -0.381 e. The summed E-state index contributed by atoms with van der Waals surface area (Å²) in [5.41, 5.74) is 0. The van der Waals surface area contributed by atoms with Crippen molar-refractivity contribution < 1.29 is 21.6 Å². The van der Waals surface area contributed by atoms with Gasteiger partial charge in [-0.2, -0.15) is 0 Å². The minimum absolute atomic E-state index is 0.00133. The highest BCUT2D eigenvalue weighted by Crippen LogP contribution is 2.22. The van der Waals surface area contributed by atoms with E-state index in [1.54, 1.807) is 0 Å². The first-order valence-electron chi connectivity index (χ1n) is 5.64. The van der Waals surface area contributed by atoms with Gasteiger partial charge in [-0.05, 0) is 36.6 Å². The molecule has 1 aromatic rings. The first kappa shape index (κ1) is 14.8. The lowest BCUT2D eigenvalue weighted by Crippen LogP contribution is -2.16. The molecule has 1 atom stereocenters. The van der Waals surface area contributed by atoms with E-state index in [-0.39, 0.29) is 21.5 Å². The summed E-state index contributed by atoms with van der Waals surface area (Å²) in [5, 5.41) is 0. The summed E-state index contributed by atoms with van der Waals surface area (Å²) in [6, 6.07) is 4.92. The smallest absolute Gasteiger partial charge is 0.261 e. The summed E-state index contributed by atoms with van der Waals surface area (Å²) < 4.78 is 51.5. The third kappa shape index (κ3) is 3.68. The van der Waals surface area contributed by atoms with E-state index < -0.39 is 18.9 Å². The maximum Gasteiger partial charge on any atom is 0.261 e. The van der Waals surface area contributed by atoms with Gasteiger partial charge in [-0.15, -0.1) is 0 Å². The molecular weight excluding hydrogens is 312 g/mol. The van der Waals surface area contributed by atoms with Crippen molar-refractivity contribution >= 4 is 29.6 Å². The van der Waals surface area contributed by atoms with Crippen molar-refractivity contribution in [2.24, 2.45) is 5.92 Å². The van der Waals surface area contributed by atoms with Crippen LogP contribution in [-0.2, 0) is 23.6 Å². The Morgan fingerprint density at radius 3 is 2.16 bits per heavy atom. The molecule has 2 rings (SSSR count). The van der Waals surface area contributed by atoms with Crippen LogP contribution in [0.4, 0.5) is 0 Å². The Balaban J connectivity index is 2.21. The van der Waals surface area contributed by atoms with Crippen LogP contribution in [0, 0.1) is 5.92 Å². The lowest BCUT2D eigenvalue weighted by molar-refractivity contribution is 0.188. The second-order valence-electron chi connectivity index (χ2n) is 4.42. The molecule has 0 radical (unpaired) electrons. The summed E-state index contributed by atoms with van der Waals surface area (Å²) in [6.07, 6.45) is 0.730. The van der Waals surface area contributed by atoms with Gasteiger partial charge >= 0.3 is 0 Å². The van der Waals surface area contributed by atoms with Gasteiger partial charge in [0.25, 0.3) is 9.05 Å². The molecule has 0 saturated carbocycles. The average Bonchev–Trinajstić information content (AvgIpc) is 2.80. The molecule has 1 saturated heterocycles. The molecule has 106 valence electrons. The van der Waals surface area contributed by atoms with Crippen LogP contribution in [0.25, 0.3) is 0 Å². The molecule has 1 unspecified atom stereocenters. The van der Waals surface area contributed by atoms with Crippen molar-refractivity contribution in [1.82, 2.24) is 0 Å². The molecule has 0 amide bonds. The standard InChI is InChI=1S/C11H13ClO5S2/c12-19(15,16)11-3-1-10(2-4-11)18(13,14)8-9-5-6-17-7-9/h1-4,9H,5-8H2. The van der Waals surface area contributed by atoms with E-state index in [1.807, 2.05) is 0 Å². The van der Waals surface area contributed by atoms with E-state index in [2.05, 4.69) is 0 Å². The maximum atomic E-state index is 12.1. The number of rotatable bonds is 4. The topological polar surface area (TPSA) is 77.5 Å². The first-order valence-corrected chi connectivity index (χ1v) is 9.60. The molecule has 0 aliphatic carbocycles. The third-order valence-electron chi connectivity index (χ3n) is 2.94. The highest BCUT2D eigenvalue weighted by molar-refractivity contribution is 8.13. The molecule has 8 heteroatoms. The zero-order valence-corrected chi connectivity index (χ0v) is 12.3. The van der Waals surface area contributed by atoms with E-state index in [0.717, 1.165) is 6.42 Å². The highest BCUT2D eigenvalue weighted by atomic mass is 35.7. The number of benzene rings is 1. The van der Waals surface area contributed by atoms with Crippen molar-refractivity contribution in [3.05, 3.63) is 24.3 Å². The zero-order chi connectivity index (χ0) is 14.1. The van der Waals surface area contributed by atoms with Gasteiger partial charge in [0.05, 0.1) is 22.2 Å². The van der Waals surface area contributed by atoms with Gasteiger partial charge in [0, 0.05) is 17.3 Å². The molecule has 1 heterocycles. The molecule has 1 aromatic carbocycles. The Bertz CT molecular complexity index is 643. The Hall–Kier alpha value is -0.630. The van der Waals surface area contributed by atoms with Gasteiger partial charge in [-0.25, -0.2) is 16.8 Å². The van der Waals surface area contributed by atoms with Crippen LogP contribution in [0.1, 0.15) is 6.42 Å². The Labute approximate surface area is 116 Å². The number of hydrogen-bond acceptors (Lipinski definition) is 5. The molecule has 1 aliphatic rings. The average molecular weight is 325 g/mol. The molecule has 5 nitrogen and oxygen atoms in total. The normalized spacial score (nSPS) is 20.6. The van der Waals surface area contributed by atoms with Crippen LogP contribution in [0.15, 0.2) is 34.1 Å². The number of sulfone groups is 1. The second kappa shape index (κ2) is 5.40. The van der Waals surface area contributed by atoms with Gasteiger partial charge in [0.1, 0.15) is 0 Å². The lowest BCUT2D eigenvalue weighted by Gasteiger charge is -2.09. The van der Waals surface area contributed by atoms with Gasteiger partial charge in [-0.3, -0.25) is 0 Å². The van der Waals surface area contributed by atoms with E-state index >= 15 is 0 Å². The SMILES string of the molecule is O=S(=O)(Cl)c1ccc(S(=O)(=O)CC2CCOC2)cc1. The molecule has 1 aliphatic heterocycles. The molecule has 0 bridgehead atoms. The van der Waals surface area contributed by atoms with Crippen LogP contribution in [0.3, 0.4) is 0 Å². The van der Waals surface area contributed by atoms with E-state index in [9.17, 15) is 16.8 Å². The molecule has 1 fully saturated rings. The fraction of sp³-hybridized carbons (Fsp3) is 0.455. The highest BCUT2D eigenvalue weighted by Gasteiger charge is 2.25. The summed E-state index contributed by atoms with van der Waals surface area (Å²) in [6.45, 7) is 1.04. The van der Waals surface area contributed by atoms with Crippen molar-refractivity contribution in [2.45, 2.75) is 16.2 Å². The first-order chi connectivity index (χ1) is 8.79. The predicted octanol–water partition coefficient (Wildman–Crippen LogP) is 1.42. The van der Waals surface area contributed by atoms with Gasteiger partial charge < -0.3 is 4.74 Å². The monoisotopic (exact) mass is 324 g/mol. The molecule has 0 N–H and O–H groups in total. The summed E-state index contributed by atoms with van der Waals surface area (Å²) in [4.78, 5) is -0.0132. The number of halogens is 1. The van der Waals surface area contributed by atoms with Gasteiger partial charge in [0.15, 0.2) is 9.84 Å². The molecule has 19 heavy (non-hydrogen) atoms. The van der Waals surface area contributed by atoms with E-state index in [1.165, 1.54) is 24.3 Å². The molecule has 0 aromatic heterocycles. The van der Waals surface area contributed by atoms with Crippen molar-refractivity contribution in [3.63, 3.8) is 0 Å². The van der Waals surface area contributed by atoms with Crippen LogP contribution < -0.4 is 0 Å². The second-order valence-corrected chi connectivity index (χ2v) is 9.02. The van der Waals surface area contributed by atoms with Crippen molar-refractivity contribution in [3.8, 4) is 0 Å². The number of hydrogen-bond donors (Lipinski definition) is 0. The van der Waals surface area contributed by atoms with Crippen LogP contribution >= 0.6 is 10.7 Å². The van der Waals surface area contributed by atoms with Crippen LogP contribution in [0.5, 0.6) is 0 Å². The zero-order valence-electron chi connectivity index (χ0n) is 9.95. The maximum absolute atomic E-state index is 12.1. The fourth-order valence-corrected chi connectivity index (χ4v) is 4.33. The summed E-state index contributed by atoms with van der Waals surface area (Å²) in [7, 11) is -2.09. The summed E-state index contributed by atoms with van der Waals surface area (Å²) >= 11 is 0. The van der Waals surface area contributed by atoms with E-state index in [4.69, 9.17) is 15.4 Å². The quantitative estimate of drug-likeness (QED) is 0.783. The largest absolute Gasteiger partial charge is 0.381 e. The van der Waals surface area contributed by atoms with Crippen molar-refractivity contribution in [1.29, 1.82) is 0 Å². The van der Waals surface area contributed by atoms with Crippen molar-refractivity contribution in [2.75, 3.05) is 19.0 Å².